The Morgan fingerprint density at radius 1 is 0.917 bits per heavy atom. The average Bonchev–Trinajstić information content (AvgIpc) is 2.17. The summed E-state index contributed by atoms with van der Waals surface area (Å²) in [5.41, 5.74) is 0. The van der Waals surface area contributed by atoms with Gasteiger partial charge in [-0.25, -0.2) is 0 Å². The molecule has 0 aliphatic carbocycles. The van der Waals surface area contributed by atoms with Gasteiger partial charge in [-0.1, -0.05) is 42.5 Å². The van der Waals surface area contributed by atoms with E-state index in [0.717, 1.165) is 7.02 Å². The second-order valence-electron chi connectivity index (χ2n) is 2.62. The summed E-state index contributed by atoms with van der Waals surface area (Å²) in [5, 5.41) is 4.19. The molecule has 0 atom stereocenters. The maximum Gasteiger partial charge on any atom is 0.170 e. The summed E-state index contributed by atoms with van der Waals surface area (Å²) < 4.78 is 0. The van der Waals surface area contributed by atoms with Gasteiger partial charge in [-0.3, -0.25) is 0 Å². The van der Waals surface area contributed by atoms with Crippen LogP contribution in [0.4, 0.5) is 0 Å². The number of hydrogen-bond donors (Lipinski definition) is 0. The summed E-state index contributed by atoms with van der Waals surface area (Å²) in [5.74, 6) is 0. The monoisotopic (exact) mass is 282 g/mol. The topological polar surface area (TPSA) is 0 Å². The van der Waals surface area contributed by atoms with Gasteiger partial charge in [0.25, 0.3) is 0 Å². The molecule has 0 aliphatic heterocycles. The number of benzene rings is 2. The van der Waals surface area contributed by atoms with E-state index in [1.54, 1.807) is 0 Å². The van der Waals surface area contributed by atoms with Crippen molar-refractivity contribution in [3.63, 3.8) is 0 Å². The molecule has 0 saturated heterocycles. The summed E-state index contributed by atoms with van der Waals surface area (Å²) in [7, 11) is 0.854. The van der Waals surface area contributed by atoms with Crippen LogP contribution in [-0.2, 0) is 0 Å². The van der Waals surface area contributed by atoms with Crippen LogP contribution in [0.25, 0.3) is 10.8 Å². The fraction of sp³-hybridized carbons (Fsp3) is 0. The molecule has 2 aromatic carbocycles. The van der Waals surface area contributed by atoms with Crippen molar-refractivity contribution < 1.29 is 0 Å². The van der Waals surface area contributed by atoms with Crippen LogP contribution in [0.3, 0.4) is 0 Å². The molecule has 12 heavy (non-hydrogen) atoms. The van der Waals surface area contributed by atoms with Crippen LogP contribution in [-0.4, -0.2) is 7.02 Å². The molecule has 0 aromatic heterocycles. The predicted molar refractivity (Wildman–Crippen MR) is 63.4 cm³/mol. The zero-order chi connectivity index (χ0) is 8.39. The predicted octanol–water partition coefficient (Wildman–Crippen LogP) is 2.52. The largest absolute Gasteiger partial charge is 0.170 e. The Labute approximate surface area is 87.0 Å². The molecule has 0 saturated carbocycles. The van der Waals surface area contributed by atoms with Crippen LogP contribution in [0.15, 0.2) is 42.5 Å². The fourth-order valence-electron chi connectivity index (χ4n) is 1.31. The molecule has 0 bridgehead atoms. The average molecular weight is 282 g/mol. The Kier molecular flexibility index (Phi) is 2.46. The summed E-state index contributed by atoms with van der Waals surface area (Å²) in [6.45, 7) is 0. The van der Waals surface area contributed by atoms with Crippen molar-refractivity contribution in [2.45, 2.75) is 0 Å². The smallest absolute Gasteiger partial charge is 0.117 e. The van der Waals surface area contributed by atoms with Crippen molar-refractivity contribution in [1.29, 1.82) is 0 Å². The fourth-order valence-corrected chi connectivity index (χ4v) is 3.21. The molecular weight excluding hydrogens is 275 g/mol. The van der Waals surface area contributed by atoms with E-state index in [4.69, 9.17) is 0 Å². The molecule has 2 radical (unpaired) electrons. The van der Waals surface area contributed by atoms with E-state index in [0.29, 0.717) is 0 Å². The SMILES string of the molecule is I[Si]c1cccc2ccccc12. The molecule has 0 heterocycles. The van der Waals surface area contributed by atoms with Gasteiger partial charge in [0.2, 0.25) is 0 Å². The summed E-state index contributed by atoms with van der Waals surface area (Å²) in [4.78, 5) is 0. The summed E-state index contributed by atoms with van der Waals surface area (Å²) in [6.07, 6.45) is 0. The highest BCUT2D eigenvalue weighted by Gasteiger charge is 1.97. The second-order valence-corrected chi connectivity index (χ2v) is 4.97. The van der Waals surface area contributed by atoms with E-state index in [1.165, 1.54) is 16.0 Å². The molecule has 0 spiro atoms. The third-order valence-corrected chi connectivity index (χ3v) is 4.27. The van der Waals surface area contributed by atoms with E-state index in [9.17, 15) is 0 Å². The van der Waals surface area contributed by atoms with Gasteiger partial charge in [-0.05, 0) is 16.0 Å². The summed E-state index contributed by atoms with van der Waals surface area (Å²) in [6, 6.07) is 15.0. The molecule has 0 nitrogen and oxygen atoms in total. The van der Waals surface area contributed by atoms with E-state index in [2.05, 4.69) is 64.3 Å². The Bertz CT molecular complexity index is 392. The first-order chi connectivity index (χ1) is 5.92. The van der Waals surface area contributed by atoms with Crippen LogP contribution in [0.2, 0.25) is 0 Å². The maximum absolute atomic E-state index is 2.43. The molecule has 0 amide bonds. The van der Waals surface area contributed by atoms with Gasteiger partial charge < -0.3 is 0 Å². The quantitative estimate of drug-likeness (QED) is 0.428. The lowest BCUT2D eigenvalue weighted by Crippen LogP contribution is -2.08. The lowest BCUT2D eigenvalue weighted by atomic mass is 10.1. The molecule has 0 N–H and O–H groups in total. The zero-order valence-corrected chi connectivity index (χ0v) is 9.58. The minimum absolute atomic E-state index is 0.854. The first-order valence-corrected chi connectivity index (χ1v) is 7.87. The van der Waals surface area contributed by atoms with Crippen molar-refractivity contribution in [2.75, 3.05) is 0 Å². The zero-order valence-electron chi connectivity index (χ0n) is 6.42. The lowest BCUT2D eigenvalue weighted by molar-refractivity contribution is 1.78. The summed E-state index contributed by atoms with van der Waals surface area (Å²) >= 11 is 2.43. The van der Waals surface area contributed by atoms with Crippen molar-refractivity contribution in [1.82, 2.24) is 0 Å². The van der Waals surface area contributed by atoms with Gasteiger partial charge >= 0.3 is 0 Å². The van der Waals surface area contributed by atoms with Gasteiger partial charge in [-0.15, -0.1) is 21.8 Å². The van der Waals surface area contributed by atoms with E-state index < -0.39 is 0 Å². The van der Waals surface area contributed by atoms with Crippen molar-refractivity contribution in [2.24, 2.45) is 0 Å². The lowest BCUT2D eigenvalue weighted by Gasteiger charge is -2.00. The molecule has 0 fully saturated rings. The van der Waals surface area contributed by atoms with E-state index in [-0.39, 0.29) is 0 Å². The van der Waals surface area contributed by atoms with Crippen LogP contribution < -0.4 is 5.19 Å². The molecule has 0 aliphatic rings. The van der Waals surface area contributed by atoms with Crippen molar-refractivity contribution >= 4 is 44.8 Å². The molecule has 0 unspecified atom stereocenters. The number of hydrogen-bond acceptors (Lipinski definition) is 0. The van der Waals surface area contributed by atoms with Crippen LogP contribution in [0.5, 0.6) is 0 Å². The third-order valence-electron chi connectivity index (χ3n) is 1.89. The van der Waals surface area contributed by atoms with Gasteiger partial charge in [0.15, 0.2) is 7.02 Å². The Morgan fingerprint density at radius 2 is 1.67 bits per heavy atom. The Morgan fingerprint density at radius 3 is 2.50 bits per heavy atom. The number of halogens is 1. The number of rotatable bonds is 1. The van der Waals surface area contributed by atoms with Gasteiger partial charge in [0.1, 0.15) is 0 Å². The molecule has 2 aromatic rings. The van der Waals surface area contributed by atoms with Gasteiger partial charge in [-0.2, -0.15) is 0 Å². The highest BCUT2D eigenvalue weighted by Crippen LogP contribution is 2.10. The molecule has 2 rings (SSSR count). The van der Waals surface area contributed by atoms with Crippen molar-refractivity contribution in [3.05, 3.63) is 42.5 Å². The molecule has 2 heteroatoms. The minimum Gasteiger partial charge on any atom is -0.117 e. The van der Waals surface area contributed by atoms with Crippen molar-refractivity contribution in [3.8, 4) is 0 Å². The second kappa shape index (κ2) is 3.58. The van der Waals surface area contributed by atoms with Gasteiger partial charge in [0, 0.05) is 0 Å². The van der Waals surface area contributed by atoms with Crippen LogP contribution >= 0.6 is 21.8 Å². The van der Waals surface area contributed by atoms with Crippen LogP contribution in [0, 0.1) is 0 Å². The Hall–Kier alpha value is -0.353. The van der Waals surface area contributed by atoms with E-state index >= 15 is 0 Å². The highest BCUT2D eigenvalue weighted by molar-refractivity contribution is 14.1. The van der Waals surface area contributed by atoms with Crippen LogP contribution in [0.1, 0.15) is 0 Å². The normalized spacial score (nSPS) is 10.4. The standard InChI is InChI=1S/C10H7ISi/c11-12-10-7-3-5-8-4-1-2-6-9(8)10/h1-7H. The first-order valence-electron chi connectivity index (χ1n) is 3.76. The van der Waals surface area contributed by atoms with E-state index in [1.807, 2.05) is 0 Å². The maximum atomic E-state index is 2.43. The molecule has 58 valence electrons. The number of fused-ring (bicyclic) bond motifs is 1. The third kappa shape index (κ3) is 1.41. The van der Waals surface area contributed by atoms with Gasteiger partial charge in [0.05, 0.1) is 0 Å². The Balaban J connectivity index is 2.79. The highest BCUT2D eigenvalue weighted by atomic mass is 127. The first kappa shape index (κ1) is 8.25. The molecular formula is C10H7ISi. The minimum atomic E-state index is 0.854.